The number of aromatic nitrogens is 3. The molecular formula is C11H13N3O2S. The summed E-state index contributed by atoms with van der Waals surface area (Å²) in [7, 11) is 0. The quantitative estimate of drug-likeness (QED) is 0.782. The Morgan fingerprint density at radius 1 is 1.47 bits per heavy atom. The molecule has 0 saturated carbocycles. The van der Waals surface area contributed by atoms with Gasteiger partial charge in [0, 0.05) is 18.0 Å². The molecular weight excluding hydrogens is 238 g/mol. The van der Waals surface area contributed by atoms with Crippen molar-refractivity contribution in [3.63, 3.8) is 0 Å². The lowest BCUT2D eigenvalue weighted by Gasteiger charge is -2.02. The minimum absolute atomic E-state index is 0.344. The summed E-state index contributed by atoms with van der Waals surface area (Å²) in [6, 6.07) is 1.72. The smallest absolute Gasteiger partial charge is 0.356 e. The third-order valence-electron chi connectivity index (χ3n) is 2.26. The predicted molar refractivity (Wildman–Crippen MR) is 65.0 cm³/mol. The Bertz CT molecular complexity index is 505. The Morgan fingerprint density at radius 3 is 2.88 bits per heavy atom. The summed E-state index contributed by atoms with van der Waals surface area (Å²) in [6.07, 6.45) is 0. The Labute approximate surface area is 103 Å². The maximum atomic E-state index is 11.7. The first-order valence-corrected chi connectivity index (χ1v) is 6.34. The van der Waals surface area contributed by atoms with E-state index in [1.807, 2.05) is 12.3 Å². The standard InChI is InChI=1S/C11H13N3O2S/c1-3-14-10(11(15)16-4-2)5-8(13-14)9-6-17-7-12-9/h5-7H,3-4H2,1-2H3. The van der Waals surface area contributed by atoms with Crippen LogP contribution in [0.25, 0.3) is 11.4 Å². The summed E-state index contributed by atoms with van der Waals surface area (Å²) < 4.78 is 6.62. The number of carbonyl (C=O) groups is 1. The third kappa shape index (κ3) is 2.36. The van der Waals surface area contributed by atoms with E-state index in [1.165, 1.54) is 11.3 Å². The van der Waals surface area contributed by atoms with Crippen molar-refractivity contribution in [3.8, 4) is 11.4 Å². The lowest BCUT2D eigenvalue weighted by atomic mass is 10.3. The summed E-state index contributed by atoms with van der Waals surface area (Å²) >= 11 is 1.50. The second kappa shape index (κ2) is 5.09. The third-order valence-corrected chi connectivity index (χ3v) is 2.85. The van der Waals surface area contributed by atoms with Crippen LogP contribution in [0.4, 0.5) is 0 Å². The molecule has 17 heavy (non-hydrogen) atoms. The van der Waals surface area contributed by atoms with Crippen molar-refractivity contribution < 1.29 is 9.53 Å². The van der Waals surface area contributed by atoms with Gasteiger partial charge in [0.2, 0.25) is 0 Å². The molecule has 0 aliphatic heterocycles. The average Bonchev–Trinajstić information content (AvgIpc) is 2.97. The molecule has 2 aromatic heterocycles. The molecule has 0 spiro atoms. The fraction of sp³-hybridized carbons (Fsp3) is 0.364. The number of nitrogens with zero attached hydrogens (tertiary/aromatic N) is 3. The van der Waals surface area contributed by atoms with Gasteiger partial charge in [-0.2, -0.15) is 5.10 Å². The van der Waals surface area contributed by atoms with Crippen molar-refractivity contribution in [2.24, 2.45) is 0 Å². The fourth-order valence-electron chi connectivity index (χ4n) is 1.49. The molecule has 0 N–H and O–H groups in total. The van der Waals surface area contributed by atoms with Crippen LogP contribution in [0.15, 0.2) is 17.0 Å². The topological polar surface area (TPSA) is 57.0 Å². The molecule has 0 saturated heterocycles. The summed E-state index contributed by atoms with van der Waals surface area (Å²) in [6.45, 7) is 4.70. The molecule has 2 aromatic rings. The van der Waals surface area contributed by atoms with E-state index in [4.69, 9.17) is 4.74 Å². The molecule has 90 valence electrons. The van der Waals surface area contributed by atoms with Crippen LogP contribution in [-0.2, 0) is 11.3 Å². The second-order valence-corrected chi connectivity index (χ2v) is 4.04. The van der Waals surface area contributed by atoms with Crippen LogP contribution in [0.2, 0.25) is 0 Å². The van der Waals surface area contributed by atoms with Gasteiger partial charge in [-0.25, -0.2) is 9.78 Å². The number of esters is 1. The van der Waals surface area contributed by atoms with Crippen LogP contribution in [-0.4, -0.2) is 27.3 Å². The van der Waals surface area contributed by atoms with Gasteiger partial charge in [0.05, 0.1) is 12.1 Å². The van der Waals surface area contributed by atoms with E-state index >= 15 is 0 Å². The molecule has 0 amide bonds. The van der Waals surface area contributed by atoms with E-state index in [0.717, 1.165) is 5.69 Å². The summed E-state index contributed by atoms with van der Waals surface area (Å²) in [5.41, 5.74) is 3.70. The van der Waals surface area contributed by atoms with Gasteiger partial charge in [0.15, 0.2) is 0 Å². The van der Waals surface area contributed by atoms with Crippen LogP contribution in [0, 0.1) is 0 Å². The Morgan fingerprint density at radius 2 is 2.29 bits per heavy atom. The highest BCUT2D eigenvalue weighted by Crippen LogP contribution is 2.19. The lowest BCUT2D eigenvalue weighted by Crippen LogP contribution is -2.12. The van der Waals surface area contributed by atoms with E-state index < -0.39 is 0 Å². The Kier molecular flexibility index (Phi) is 3.53. The molecule has 6 heteroatoms. The first kappa shape index (κ1) is 11.8. The maximum Gasteiger partial charge on any atom is 0.356 e. The largest absolute Gasteiger partial charge is 0.461 e. The van der Waals surface area contributed by atoms with Crippen molar-refractivity contribution in [1.29, 1.82) is 0 Å². The number of hydrogen-bond acceptors (Lipinski definition) is 5. The minimum Gasteiger partial charge on any atom is -0.461 e. The number of thiazole rings is 1. The van der Waals surface area contributed by atoms with Crippen molar-refractivity contribution >= 4 is 17.3 Å². The van der Waals surface area contributed by atoms with Gasteiger partial charge in [-0.05, 0) is 13.8 Å². The summed E-state index contributed by atoms with van der Waals surface area (Å²) in [4.78, 5) is 15.9. The predicted octanol–water partition coefficient (Wildman–Crippen LogP) is 2.20. The van der Waals surface area contributed by atoms with E-state index in [0.29, 0.717) is 24.5 Å². The van der Waals surface area contributed by atoms with E-state index in [2.05, 4.69) is 10.1 Å². The normalized spacial score (nSPS) is 10.5. The van der Waals surface area contributed by atoms with Gasteiger partial charge < -0.3 is 4.74 Å². The maximum absolute atomic E-state index is 11.7. The second-order valence-electron chi connectivity index (χ2n) is 3.32. The van der Waals surface area contributed by atoms with Crippen LogP contribution in [0.1, 0.15) is 24.3 Å². The van der Waals surface area contributed by atoms with E-state index in [1.54, 1.807) is 23.2 Å². The number of rotatable bonds is 4. The number of carbonyl (C=O) groups excluding carboxylic acids is 1. The molecule has 0 aromatic carbocycles. The average molecular weight is 251 g/mol. The van der Waals surface area contributed by atoms with Crippen molar-refractivity contribution in [1.82, 2.24) is 14.8 Å². The van der Waals surface area contributed by atoms with Gasteiger partial charge in [0.25, 0.3) is 0 Å². The highest BCUT2D eigenvalue weighted by atomic mass is 32.1. The van der Waals surface area contributed by atoms with Gasteiger partial charge in [-0.15, -0.1) is 11.3 Å². The summed E-state index contributed by atoms with van der Waals surface area (Å²) in [5.74, 6) is -0.344. The van der Waals surface area contributed by atoms with Crippen LogP contribution >= 0.6 is 11.3 Å². The van der Waals surface area contributed by atoms with Crippen LogP contribution in [0.5, 0.6) is 0 Å². The minimum atomic E-state index is -0.344. The molecule has 0 fully saturated rings. The molecule has 0 aliphatic carbocycles. The molecule has 2 heterocycles. The first-order chi connectivity index (χ1) is 8.26. The molecule has 2 rings (SSSR count). The molecule has 0 aliphatic rings. The number of aryl methyl sites for hydroxylation is 1. The molecule has 0 unspecified atom stereocenters. The van der Waals surface area contributed by atoms with Crippen molar-refractivity contribution in [2.75, 3.05) is 6.61 Å². The van der Waals surface area contributed by atoms with Gasteiger partial charge >= 0.3 is 5.97 Å². The zero-order valence-corrected chi connectivity index (χ0v) is 10.5. The fourth-order valence-corrected chi connectivity index (χ4v) is 2.04. The molecule has 0 radical (unpaired) electrons. The Balaban J connectivity index is 2.36. The highest BCUT2D eigenvalue weighted by Gasteiger charge is 2.16. The zero-order valence-electron chi connectivity index (χ0n) is 9.71. The SMILES string of the molecule is CCOC(=O)c1cc(-c2cscn2)nn1CC. The molecule has 0 bridgehead atoms. The van der Waals surface area contributed by atoms with Crippen molar-refractivity contribution in [2.45, 2.75) is 20.4 Å². The molecule has 5 nitrogen and oxygen atoms in total. The van der Waals surface area contributed by atoms with E-state index in [-0.39, 0.29) is 5.97 Å². The van der Waals surface area contributed by atoms with Crippen LogP contribution in [0.3, 0.4) is 0 Å². The molecule has 0 atom stereocenters. The Hall–Kier alpha value is -1.69. The van der Waals surface area contributed by atoms with Gasteiger partial charge in [-0.1, -0.05) is 0 Å². The lowest BCUT2D eigenvalue weighted by molar-refractivity contribution is 0.0512. The summed E-state index contributed by atoms with van der Waals surface area (Å²) in [5, 5.41) is 6.23. The van der Waals surface area contributed by atoms with Gasteiger partial charge in [0.1, 0.15) is 17.1 Å². The van der Waals surface area contributed by atoms with Crippen molar-refractivity contribution in [3.05, 3.63) is 22.7 Å². The zero-order chi connectivity index (χ0) is 12.3. The first-order valence-electron chi connectivity index (χ1n) is 5.39. The highest BCUT2D eigenvalue weighted by molar-refractivity contribution is 7.07. The van der Waals surface area contributed by atoms with E-state index in [9.17, 15) is 4.79 Å². The van der Waals surface area contributed by atoms with Gasteiger partial charge in [-0.3, -0.25) is 4.68 Å². The number of ether oxygens (including phenoxy) is 1. The number of hydrogen-bond donors (Lipinski definition) is 0. The monoisotopic (exact) mass is 251 g/mol. The van der Waals surface area contributed by atoms with Crippen LogP contribution < -0.4 is 0 Å².